The highest BCUT2D eigenvalue weighted by Crippen LogP contribution is 2.23. The van der Waals surface area contributed by atoms with Gasteiger partial charge in [-0.05, 0) is 6.07 Å². The number of hydrogen-bond acceptors (Lipinski definition) is 4. The summed E-state index contributed by atoms with van der Waals surface area (Å²) in [6.07, 6.45) is 1.87. The smallest absolute Gasteiger partial charge is 0.281 e. The van der Waals surface area contributed by atoms with Crippen molar-refractivity contribution >= 4 is 27.0 Å². The number of para-hydroxylation sites is 1. The van der Waals surface area contributed by atoms with Gasteiger partial charge in [0.15, 0.2) is 0 Å². The van der Waals surface area contributed by atoms with Crippen molar-refractivity contribution in [3.8, 4) is 0 Å². The van der Waals surface area contributed by atoms with Crippen molar-refractivity contribution in [1.29, 1.82) is 0 Å². The predicted octanol–water partition coefficient (Wildman–Crippen LogP) is 0.852. The highest BCUT2D eigenvalue weighted by molar-refractivity contribution is 7.86. The Morgan fingerprint density at radius 1 is 1.15 bits per heavy atom. The third kappa shape index (κ3) is 3.86. The number of carbonyl (C=O) groups is 1. The Balaban J connectivity index is 1.79. The van der Waals surface area contributed by atoms with Crippen molar-refractivity contribution in [2.24, 2.45) is 0 Å². The number of amides is 1. The summed E-state index contributed by atoms with van der Waals surface area (Å²) in [5, 5.41) is 0.905. The van der Waals surface area contributed by atoms with Gasteiger partial charge in [-0.2, -0.15) is 17.0 Å². The van der Waals surface area contributed by atoms with E-state index in [0.717, 1.165) is 10.9 Å². The highest BCUT2D eigenvalue weighted by Gasteiger charge is 2.31. The second kappa shape index (κ2) is 7.97. The molecule has 27 heavy (non-hydrogen) atoms. The Labute approximate surface area is 160 Å². The molecule has 1 saturated heterocycles. The van der Waals surface area contributed by atoms with Crippen LogP contribution in [0.3, 0.4) is 0 Å². The second-order valence-corrected chi connectivity index (χ2v) is 8.87. The molecule has 0 saturated carbocycles. The van der Waals surface area contributed by atoms with Crippen LogP contribution in [0.15, 0.2) is 30.5 Å². The number of carbonyl (C=O) groups excluding carboxylic acids is 1. The molecule has 1 aromatic heterocycles. The van der Waals surface area contributed by atoms with Crippen LogP contribution in [0, 0.1) is 0 Å². The van der Waals surface area contributed by atoms with Crippen LogP contribution in [0.5, 0.6) is 0 Å². The molecule has 0 bridgehead atoms. The van der Waals surface area contributed by atoms with Crippen molar-refractivity contribution in [3.05, 3.63) is 36.0 Å². The lowest BCUT2D eigenvalue weighted by molar-refractivity contribution is 0.0697. The standard InChI is InChI=1S/C18H26N4O4S/c1-19(2)27(24,25)22-10-8-20(9-11-22)18(23)16-14-21(12-13-26-3)17-7-5-4-6-15(16)17/h4-7,14H,8-13H2,1-3H3. The van der Waals surface area contributed by atoms with E-state index in [-0.39, 0.29) is 5.91 Å². The lowest BCUT2D eigenvalue weighted by Crippen LogP contribution is -2.53. The van der Waals surface area contributed by atoms with Crippen LogP contribution >= 0.6 is 0 Å². The molecule has 2 aromatic rings. The van der Waals surface area contributed by atoms with E-state index in [0.29, 0.717) is 44.9 Å². The quantitative estimate of drug-likeness (QED) is 0.728. The van der Waals surface area contributed by atoms with E-state index < -0.39 is 10.2 Å². The number of fused-ring (bicyclic) bond motifs is 1. The summed E-state index contributed by atoms with van der Waals surface area (Å²) in [4.78, 5) is 14.8. The first-order valence-electron chi connectivity index (χ1n) is 8.90. The Morgan fingerprint density at radius 3 is 2.44 bits per heavy atom. The van der Waals surface area contributed by atoms with Gasteiger partial charge in [0.25, 0.3) is 16.1 Å². The number of piperazine rings is 1. The largest absolute Gasteiger partial charge is 0.383 e. The van der Waals surface area contributed by atoms with Crippen LogP contribution in [0.1, 0.15) is 10.4 Å². The lowest BCUT2D eigenvalue weighted by Gasteiger charge is -2.35. The van der Waals surface area contributed by atoms with Crippen molar-refractivity contribution in [3.63, 3.8) is 0 Å². The molecule has 1 aromatic carbocycles. The molecule has 0 unspecified atom stereocenters. The van der Waals surface area contributed by atoms with Gasteiger partial charge in [0.2, 0.25) is 0 Å². The maximum absolute atomic E-state index is 13.1. The van der Waals surface area contributed by atoms with Gasteiger partial charge >= 0.3 is 0 Å². The van der Waals surface area contributed by atoms with Gasteiger partial charge in [-0.15, -0.1) is 0 Å². The van der Waals surface area contributed by atoms with Crippen LogP contribution in [-0.2, 0) is 21.5 Å². The van der Waals surface area contributed by atoms with Crippen molar-refractivity contribution in [1.82, 2.24) is 18.1 Å². The number of aromatic nitrogens is 1. The number of nitrogens with zero attached hydrogens (tertiary/aromatic N) is 4. The van der Waals surface area contributed by atoms with Gasteiger partial charge in [0.1, 0.15) is 0 Å². The molecule has 1 amide bonds. The summed E-state index contributed by atoms with van der Waals surface area (Å²) in [6, 6.07) is 7.80. The van der Waals surface area contributed by atoms with E-state index in [9.17, 15) is 13.2 Å². The lowest BCUT2D eigenvalue weighted by atomic mass is 10.1. The number of hydrogen-bond donors (Lipinski definition) is 0. The van der Waals surface area contributed by atoms with Crippen LogP contribution < -0.4 is 0 Å². The molecule has 0 radical (unpaired) electrons. The topological polar surface area (TPSA) is 75.1 Å². The van der Waals surface area contributed by atoms with Gasteiger partial charge in [0, 0.05) is 71.0 Å². The minimum atomic E-state index is -3.44. The Morgan fingerprint density at radius 2 is 1.81 bits per heavy atom. The molecule has 1 aliphatic rings. The van der Waals surface area contributed by atoms with Crippen LogP contribution in [0.4, 0.5) is 0 Å². The minimum Gasteiger partial charge on any atom is -0.383 e. The monoisotopic (exact) mass is 394 g/mol. The van der Waals surface area contributed by atoms with Crippen LogP contribution in [0.2, 0.25) is 0 Å². The normalized spacial score (nSPS) is 16.4. The van der Waals surface area contributed by atoms with Gasteiger partial charge in [-0.3, -0.25) is 4.79 Å². The highest BCUT2D eigenvalue weighted by atomic mass is 32.2. The summed E-state index contributed by atoms with van der Waals surface area (Å²) in [5.74, 6) is -0.0655. The zero-order chi connectivity index (χ0) is 19.6. The maximum atomic E-state index is 13.1. The van der Waals surface area contributed by atoms with E-state index in [1.165, 1.54) is 22.7 Å². The first kappa shape index (κ1) is 19.8. The summed E-state index contributed by atoms with van der Waals surface area (Å²) in [5.41, 5.74) is 1.64. The Hall–Kier alpha value is -1.94. The molecule has 0 aliphatic carbocycles. The molecule has 8 nitrogen and oxygen atoms in total. The van der Waals surface area contributed by atoms with Gasteiger partial charge < -0.3 is 14.2 Å². The van der Waals surface area contributed by atoms with Gasteiger partial charge in [-0.25, -0.2) is 0 Å². The van der Waals surface area contributed by atoms with E-state index >= 15 is 0 Å². The molecule has 9 heteroatoms. The summed E-state index contributed by atoms with van der Waals surface area (Å²) in [6.45, 7) is 2.59. The van der Waals surface area contributed by atoms with Crippen LogP contribution in [-0.4, -0.2) is 86.4 Å². The molecular weight excluding hydrogens is 368 g/mol. The summed E-state index contributed by atoms with van der Waals surface area (Å²) < 4.78 is 34.3. The van der Waals surface area contributed by atoms with Crippen molar-refractivity contribution in [2.75, 3.05) is 54.0 Å². The Bertz CT molecular complexity index is 915. The molecule has 0 N–H and O–H groups in total. The molecule has 3 rings (SSSR count). The van der Waals surface area contributed by atoms with Crippen LogP contribution in [0.25, 0.3) is 10.9 Å². The molecule has 2 heterocycles. The predicted molar refractivity (Wildman–Crippen MR) is 104 cm³/mol. The van der Waals surface area contributed by atoms with Gasteiger partial charge in [0.05, 0.1) is 12.2 Å². The molecule has 148 valence electrons. The number of rotatable bonds is 6. The van der Waals surface area contributed by atoms with Crippen molar-refractivity contribution < 1.29 is 17.9 Å². The Kier molecular flexibility index (Phi) is 5.85. The van der Waals surface area contributed by atoms with E-state index in [1.807, 2.05) is 35.0 Å². The number of ether oxygens (including phenoxy) is 1. The number of benzene rings is 1. The molecular formula is C18H26N4O4S. The fourth-order valence-electron chi connectivity index (χ4n) is 3.32. The SMILES string of the molecule is COCCn1cc(C(=O)N2CCN(S(=O)(=O)N(C)C)CC2)c2ccccc21. The zero-order valence-corrected chi connectivity index (χ0v) is 16.8. The summed E-state index contributed by atoms with van der Waals surface area (Å²) in [7, 11) is 1.24. The second-order valence-electron chi connectivity index (χ2n) is 6.73. The van der Waals surface area contributed by atoms with Gasteiger partial charge in [-0.1, -0.05) is 18.2 Å². The molecule has 0 atom stereocenters. The average Bonchev–Trinajstić information content (AvgIpc) is 3.04. The van der Waals surface area contributed by atoms with Crippen molar-refractivity contribution in [2.45, 2.75) is 6.54 Å². The average molecular weight is 394 g/mol. The molecule has 1 aliphatic heterocycles. The minimum absolute atomic E-state index is 0.0655. The maximum Gasteiger partial charge on any atom is 0.281 e. The molecule has 0 spiro atoms. The fraction of sp³-hybridized carbons (Fsp3) is 0.500. The first-order valence-corrected chi connectivity index (χ1v) is 10.3. The van der Waals surface area contributed by atoms with E-state index in [2.05, 4.69) is 0 Å². The fourth-order valence-corrected chi connectivity index (χ4v) is 4.40. The summed E-state index contributed by atoms with van der Waals surface area (Å²) >= 11 is 0. The zero-order valence-electron chi connectivity index (χ0n) is 16.0. The molecule has 1 fully saturated rings. The first-order chi connectivity index (χ1) is 12.9. The van der Waals surface area contributed by atoms with E-state index in [1.54, 1.807) is 12.0 Å². The van der Waals surface area contributed by atoms with E-state index in [4.69, 9.17) is 4.74 Å². The third-order valence-electron chi connectivity index (χ3n) is 4.87. The third-order valence-corrected chi connectivity index (χ3v) is 6.81. The number of methoxy groups -OCH3 is 1.